The molecule has 92 valence electrons. The van der Waals surface area contributed by atoms with Gasteiger partial charge in [-0.15, -0.1) is 0 Å². The SMILES string of the molecule is O=C(O)c1ccnc(OCc2ccccc2)c1Cl. The predicted octanol–water partition coefficient (Wildman–Crippen LogP) is 3.01. The van der Waals surface area contributed by atoms with E-state index in [9.17, 15) is 4.79 Å². The number of aromatic carboxylic acids is 1. The quantitative estimate of drug-likeness (QED) is 0.921. The number of halogens is 1. The second-order valence-corrected chi connectivity index (χ2v) is 3.94. The standard InChI is InChI=1S/C13H10ClNO3/c14-11-10(13(16)17)6-7-15-12(11)18-8-9-4-2-1-3-5-9/h1-7H,8H2,(H,16,17). The Morgan fingerprint density at radius 1 is 1.28 bits per heavy atom. The van der Waals surface area contributed by atoms with Crippen LogP contribution in [0, 0.1) is 0 Å². The van der Waals surface area contributed by atoms with E-state index in [1.165, 1.54) is 12.3 Å². The van der Waals surface area contributed by atoms with Gasteiger partial charge in [-0.25, -0.2) is 9.78 Å². The van der Waals surface area contributed by atoms with Crippen LogP contribution in [0.5, 0.6) is 5.88 Å². The first-order valence-electron chi connectivity index (χ1n) is 5.23. The maximum atomic E-state index is 10.9. The fraction of sp³-hybridized carbons (Fsp3) is 0.0769. The van der Waals surface area contributed by atoms with Gasteiger partial charge in [0.1, 0.15) is 11.6 Å². The van der Waals surface area contributed by atoms with Crippen molar-refractivity contribution < 1.29 is 14.6 Å². The van der Waals surface area contributed by atoms with Gasteiger partial charge in [0, 0.05) is 6.20 Å². The summed E-state index contributed by atoms with van der Waals surface area (Å²) in [5.41, 5.74) is 0.936. The van der Waals surface area contributed by atoms with Gasteiger partial charge in [0.05, 0.1) is 5.56 Å². The van der Waals surface area contributed by atoms with Crippen LogP contribution >= 0.6 is 11.6 Å². The highest BCUT2D eigenvalue weighted by atomic mass is 35.5. The molecule has 0 spiro atoms. The Morgan fingerprint density at radius 3 is 2.67 bits per heavy atom. The molecule has 0 amide bonds. The highest BCUT2D eigenvalue weighted by Gasteiger charge is 2.14. The fourth-order valence-corrected chi connectivity index (χ4v) is 1.66. The Hall–Kier alpha value is -2.07. The molecule has 0 radical (unpaired) electrons. The van der Waals surface area contributed by atoms with E-state index in [4.69, 9.17) is 21.4 Å². The molecule has 0 saturated heterocycles. The van der Waals surface area contributed by atoms with Gasteiger partial charge in [0.25, 0.3) is 0 Å². The number of carboxylic acids is 1. The van der Waals surface area contributed by atoms with Crippen molar-refractivity contribution in [3.05, 3.63) is 58.7 Å². The number of benzene rings is 1. The van der Waals surface area contributed by atoms with Crippen LogP contribution in [0.1, 0.15) is 15.9 Å². The maximum absolute atomic E-state index is 10.9. The first kappa shape index (κ1) is 12.4. The zero-order chi connectivity index (χ0) is 13.0. The lowest BCUT2D eigenvalue weighted by Crippen LogP contribution is -2.02. The molecule has 0 fully saturated rings. The van der Waals surface area contributed by atoms with Crippen molar-refractivity contribution in [2.75, 3.05) is 0 Å². The molecule has 1 aromatic carbocycles. The highest BCUT2D eigenvalue weighted by molar-refractivity contribution is 6.34. The van der Waals surface area contributed by atoms with Crippen LogP contribution < -0.4 is 4.74 Å². The van der Waals surface area contributed by atoms with Crippen molar-refractivity contribution in [3.63, 3.8) is 0 Å². The molecule has 0 saturated carbocycles. The maximum Gasteiger partial charge on any atom is 0.337 e. The minimum atomic E-state index is -1.10. The zero-order valence-corrected chi connectivity index (χ0v) is 10.1. The molecule has 0 aliphatic heterocycles. The second kappa shape index (κ2) is 5.51. The van der Waals surface area contributed by atoms with Crippen LogP contribution in [0.3, 0.4) is 0 Å². The van der Waals surface area contributed by atoms with Crippen LogP contribution in [0.4, 0.5) is 0 Å². The number of hydrogen-bond donors (Lipinski definition) is 1. The summed E-state index contributed by atoms with van der Waals surface area (Å²) in [4.78, 5) is 14.8. The average Bonchev–Trinajstić information content (AvgIpc) is 2.38. The van der Waals surface area contributed by atoms with Crippen LogP contribution in [-0.2, 0) is 6.61 Å². The summed E-state index contributed by atoms with van der Waals surface area (Å²) in [5, 5.41) is 8.92. The molecule has 1 aromatic heterocycles. The fourth-order valence-electron chi connectivity index (χ4n) is 1.42. The minimum Gasteiger partial charge on any atom is -0.478 e. The number of rotatable bonds is 4. The number of aromatic nitrogens is 1. The molecular weight excluding hydrogens is 254 g/mol. The second-order valence-electron chi connectivity index (χ2n) is 3.56. The molecule has 4 nitrogen and oxygen atoms in total. The number of pyridine rings is 1. The van der Waals surface area contributed by atoms with E-state index in [1.54, 1.807) is 0 Å². The van der Waals surface area contributed by atoms with Gasteiger partial charge < -0.3 is 9.84 Å². The summed E-state index contributed by atoms with van der Waals surface area (Å²) in [7, 11) is 0. The van der Waals surface area contributed by atoms with Gasteiger partial charge in [-0.3, -0.25) is 0 Å². The molecule has 2 aromatic rings. The summed E-state index contributed by atoms with van der Waals surface area (Å²) in [6.07, 6.45) is 1.36. The summed E-state index contributed by atoms with van der Waals surface area (Å²) in [6, 6.07) is 10.8. The van der Waals surface area contributed by atoms with Crippen LogP contribution in [0.15, 0.2) is 42.6 Å². The Balaban J connectivity index is 2.15. The van der Waals surface area contributed by atoms with E-state index in [1.807, 2.05) is 30.3 Å². The van der Waals surface area contributed by atoms with Crippen LogP contribution in [-0.4, -0.2) is 16.1 Å². The largest absolute Gasteiger partial charge is 0.478 e. The van der Waals surface area contributed by atoms with Crippen molar-refractivity contribution >= 4 is 17.6 Å². The van der Waals surface area contributed by atoms with E-state index < -0.39 is 5.97 Å². The third kappa shape index (κ3) is 2.78. The van der Waals surface area contributed by atoms with E-state index in [0.717, 1.165) is 5.56 Å². The Kier molecular flexibility index (Phi) is 3.79. The molecule has 0 aliphatic carbocycles. The van der Waals surface area contributed by atoms with E-state index in [-0.39, 0.29) is 23.1 Å². The van der Waals surface area contributed by atoms with Crippen LogP contribution in [0.25, 0.3) is 0 Å². The Labute approximate surface area is 109 Å². The molecule has 0 atom stereocenters. The van der Waals surface area contributed by atoms with Crippen molar-refractivity contribution in [3.8, 4) is 5.88 Å². The predicted molar refractivity (Wildman–Crippen MR) is 67.0 cm³/mol. The lowest BCUT2D eigenvalue weighted by molar-refractivity contribution is 0.0696. The molecule has 0 bridgehead atoms. The van der Waals surface area contributed by atoms with Gasteiger partial charge in [-0.1, -0.05) is 41.9 Å². The average molecular weight is 264 g/mol. The van der Waals surface area contributed by atoms with E-state index >= 15 is 0 Å². The smallest absolute Gasteiger partial charge is 0.337 e. The number of carbonyl (C=O) groups is 1. The molecule has 0 unspecified atom stereocenters. The topological polar surface area (TPSA) is 59.4 Å². The molecular formula is C13H10ClNO3. The minimum absolute atomic E-state index is 0.0148. The summed E-state index contributed by atoms with van der Waals surface area (Å²) < 4.78 is 5.41. The van der Waals surface area contributed by atoms with Gasteiger partial charge in [-0.05, 0) is 11.6 Å². The van der Waals surface area contributed by atoms with Crippen molar-refractivity contribution in [1.29, 1.82) is 0 Å². The van der Waals surface area contributed by atoms with Crippen molar-refractivity contribution in [2.24, 2.45) is 0 Å². The lowest BCUT2D eigenvalue weighted by Gasteiger charge is -2.08. The third-order valence-corrected chi connectivity index (χ3v) is 2.67. The first-order valence-corrected chi connectivity index (χ1v) is 5.61. The summed E-state index contributed by atoms with van der Waals surface area (Å²) >= 11 is 5.90. The van der Waals surface area contributed by atoms with E-state index in [0.29, 0.717) is 0 Å². The number of hydrogen-bond acceptors (Lipinski definition) is 3. The van der Waals surface area contributed by atoms with Crippen molar-refractivity contribution in [2.45, 2.75) is 6.61 Å². The lowest BCUT2D eigenvalue weighted by atomic mass is 10.2. The molecule has 0 aliphatic rings. The summed E-state index contributed by atoms with van der Waals surface area (Å²) in [6.45, 7) is 0.288. The van der Waals surface area contributed by atoms with Gasteiger partial charge in [0.2, 0.25) is 5.88 Å². The number of carboxylic acid groups (broad SMARTS) is 1. The molecule has 1 heterocycles. The van der Waals surface area contributed by atoms with E-state index in [2.05, 4.69) is 4.98 Å². The zero-order valence-electron chi connectivity index (χ0n) is 9.34. The van der Waals surface area contributed by atoms with Gasteiger partial charge in [0.15, 0.2) is 0 Å². The van der Waals surface area contributed by atoms with Gasteiger partial charge in [-0.2, -0.15) is 0 Å². The normalized spacial score (nSPS) is 10.1. The molecule has 1 N–H and O–H groups in total. The Morgan fingerprint density at radius 2 is 2.00 bits per heavy atom. The molecule has 18 heavy (non-hydrogen) atoms. The highest BCUT2D eigenvalue weighted by Crippen LogP contribution is 2.26. The summed E-state index contributed by atoms with van der Waals surface area (Å²) in [5.74, 6) is -0.979. The van der Waals surface area contributed by atoms with Crippen molar-refractivity contribution in [1.82, 2.24) is 4.98 Å². The van der Waals surface area contributed by atoms with Gasteiger partial charge >= 0.3 is 5.97 Å². The first-order chi connectivity index (χ1) is 8.68. The molecule has 5 heteroatoms. The number of ether oxygens (including phenoxy) is 1. The number of nitrogens with zero attached hydrogens (tertiary/aromatic N) is 1. The monoisotopic (exact) mass is 263 g/mol. The third-order valence-electron chi connectivity index (χ3n) is 2.31. The Bertz CT molecular complexity index is 557. The van der Waals surface area contributed by atoms with Crippen LogP contribution in [0.2, 0.25) is 5.02 Å². The molecule has 2 rings (SSSR count).